The molecule has 1 aliphatic carbocycles. The molecule has 1 aromatic rings. The highest BCUT2D eigenvalue weighted by Gasteiger charge is 2.22. The molecule has 0 spiro atoms. The second kappa shape index (κ2) is 6.38. The molecular formula is C14H19NO3. The minimum Gasteiger partial charge on any atom is -0.477 e. The van der Waals surface area contributed by atoms with E-state index in [1.54, 1.807) is 31.5 Å². The zero-order valence-electron chi connectivity index (χ0n) is 10.7. The van der Waals surface area contributed by atoms with E-state index in [-0.39, 0.29) is 12.1 Å². The van der Waals surface area contributed by atoms with E-state index in [1.165, 1.54) is 6.42 Å². The summed E-state index contributed by atoms with van der Waals surface area (Å²) in [6.45, 7) is 1.71. The predicted molar refractivity (Wildman–Crippen MR) is 67.3 cm³/mol. The van der Waals surface area contributed by atoms with Gasteiger partial charge in [0.2, 0.25) is 0 Å². The lowest BCUT2D eigenvalue weighted by Gasteiger charge is -2.23. The largest absolute Gasteiger partial charge is 0.477 e. The van der Waals surface area contributed by atoms with E-state index in [1.807, 2.05) is 0 Å². The Morgan fingerprint density at radius 2 is 2.17 bits per heavy atom. The zero-order chi connectivity index (χ0) is 12.8. The summed E-state index contributed by atoms with van der Waals surface area (Å²) in [4.78, 5) is 15.8. The highest BCUT2D eigenvalue weighted by atomic mass is 16.6. The minimum absolute atomic E-state index is 0.0752. The van der Waals surface area contributed by atoms with Crippen LogP contribution in [0.4, 0.5) is 0 Å². The fourth-order valence-corrected chi connectivity index (χ4v) is 2.11. The van der Waals surface area contributed by atoms with Crippen LogP contribution in [-0.4, -0.2) is 23.2 Å². The molecule has 2 rings (SSSR count). The molecule has 1 aliphatic rings. The van der Waals surface area contributed by atoms with E-state index in [0.717, 1.165) is 25.7 Å². The summed E-state index contributed by atoms with van der Waals surface area (Å²) in [6.07, 6.45) is 8.24. The van der Waals surface area contributed by atoms with Gasteiger partial charge in [-0.3, -0.25) is 4.98 Å². The van der Waals surface area contributed by atoms with Gasteiger partial charge in [0, 0.05) is 6.20 Å². The van der Waals surface area contributed by atoms with E-state index < -0.39 is 6.10 Å². The van der Waals surface area contributed by atoms with Gasteiger partial charge >= 0.3 is 5.97 Å². The Bertz CT molecular complexity index is 374. The Morgan fingerprint density at radius 3 is 2.83 bits per heavy atom. The molecule has 18 heavy (non-hydrogen) atoms. The second-order valence-electron chi connectivity index (χ2n) is 4.65. The smallest absolute Gasteiger partial charge is 0.347 e. The summed E-state index contributed by atoms with van der Waals surface area (Å²) in [5, 5.41) is 0. The fraction of sp³-hybridized carbons (Fsp3) is 0.571. The molecule has 0 radical (unpaired) electrons. The molecule has 4 heteroatoms. The van der Waals surface area contributed by atoms with Crippen molar-refractivity contribution in [1.29, 1.82) is 0 Å². The van der Waals surface area contributed by atoms with Crippen LogP contribution in [0, 0.1) is 0 Å². The number of carbonyl (C=O) groups is 1. The highest BCUT2D eigenvalue weighted by molar-refractivity contribution is 5.74. The van der Waals surface area contributed by atoms with Crippen LogP contribution in [0.2, 0.25) is 0 Å². The molecule has 1 fully saturated rings. The Morgan fingerprint density at radius 1 is 1.39 bits per heavy atom. The van der Waals surface area contributed by atoms with E-state index in [4.69, 9.17) is 9.47 Å². The molecule has 1 heterocycles. The van der Waals surface area contributed by atoms with Gasteiger partial charge in [0.25, 0.3) is 0 Å². The second-order valence-corrected chi connectivity index (χ2v) is 4.65. The summed E-state index contributed by atoms with van der Waals surface area (Å²) >= 11 is 0. The SMILES string of the molecule is CC(Oc1cccnc1)C(=O)OC1CCCCC1. The number of aromatic nitrogens is 1. The lowest BCUT2D eigenvalue weighted by Crippen LogP contribution is -2.31. The summed E-state index contributed by atoms with van der Waals surface area (Å²) in [7, 11) is 0. The van der Waals surface area contributed by atoms with Crippen molar-refractivity contribution in [3.63, 3.8) is 0 Å². The Labute approximate surface area is 107 Å². The third kappa shape index (κ3) is 3.72. The third-order valence-electron chi connectivity index (χ3n) is 3.11. The lowest BCUT2D eigenvalue weighted by atomic mass is 9.98. The van der Waals surface area contributed by atoms with Crippen molar-refractivity contribution < 1.29 is 14.3 Å². The first kappa shape index (κ1) is 12.9. The monoisotopic (exact) mass is 249 g/mol. The zero-order valence-corrected chi connectivity index (χ0v) is 10.7. The van der Waals surface area contributed by atoms with Crippen LogP contribution in [0.3, 0.4) is 0 Å². The predicted octanol–water partition coefficient (Wildman–Crippen LogP) is 2.72. The van der Waals surface area contributed by atoms with Crippen LogP contribution in [0.1, 0.15) is 39.0 Å². The van der Waals surface area contributed by atoms with Crippen molar-refractivity contribution in [3.05, 3.63) is 24.5 Å². The third-order valence-corrected chi connectivity index (χ3v) is 3.11. The number of esters is 1. The van der Waals surface area contributed by atoms with Gasteiger partial charge in [-0.2, -0.15) is 0 Å². The Hall–Kier alpha value is -1.58. The number of hydrogen-bond donors (Lipinski definition) is 0. The van der Waals surface area contributed by atoms with Gasteiger partial charge in [-0.15, -0.1) is 0 Å². The first-order valence-electron chi connectivity index (χ1n) is 6.53. The van der Waals surface area contributed by atoms with E-state index in [2.05, 4.69) is 4.98 Å². The standard InChI is InChI=1S/C14H19NO3/c1-11(17-13-8-5-9-15-10-13)14(16)18-12-6-3-2-4-7-12/h5,8-12H,2-4,6-7H2,1H3. The maximum absolute atomic E-state index is 11.8. The minimum atomic E-state index is -0.587. The molecule has 1 atom stereocenters. The quantitative estimate of drug-likeness (QED) is 0.770. The van der Waals surface area contributed by atoms with Gasteiger partial charge in [0.15, 0.2) is 6.10 Å². The Balaban J connectivity index is 1.81. The van der Waals surface area contributed by atoms with Gasteiger partial charge in [-0.25, -0.2) is 4.79 Å². The molecule has 0 bridgehead atoms. The van der Waals surface area contributed by atoms with Crippen LogP contribution >= 0.6 is 0 Å². The van der Waals surface area contributed by atoms with Crippen LogP contribution in [0.15, 0.2) is 24.5 Å². The number of rotatable bonds is 4. The van der Waals surface area contributed by atoms with Crippen molar-refractivity contribution in [2.45, 2.75) is 51.2 Å². The maximum Gasteiger partial charge on any atom is 0.347 e. The average Bonchev–Trinajstić information content (AvgIpc) is 2.41. The highest BCUT2D eigenvalue weighted by Crippen LogP contribution is 2.21. The van der Waals surface area contributed by atoms with E-state index >= 15 is 0 Å². The number of pyridine rings is 1. The summed E-state index contributed by atoms with van der Waals surface area (Å²) in [6, 6.07) is 3.55. The van der Waals surface area contributed by atoms with Crippen LogP contribution in [0.5, 0.6) is 5.75 Å². The number of ether oxygens (including phenoxy) is 2. The summed E-state index contributed by atoms with van der Waals surface area (Å²) in [5.41, 5.74) is 0. The van der Waals surface area contributed by atoms with E-state index in [0.29, 0.717) is 5.75 Å². The van der Waals surface area contributed by atoms with Crippen LogP contribution < -0.4 is 4.74 Å². The molecule has 1 unspecified atom stereocenters. The molecule has 0 aliphatic heterocycles. The molecule has 1 saturated carbocycles. The first-order chi connectivity index (χ1) is 8.75. The fourth-order valence-electron chi connectivity index (χ4n) is 2.11. The normalized spacial score (nSPS) is 18.1. The molecule has 0 amide bonds. The molecular weight excluding hydrogens is 230 g/mol. The van der Waals surface area contributed by atoms with Crippen LogP contribution in [-0.2, 0) is 9.53 Å². The van der Waals surface area contributed by atoms with E-state index in [9.17, 15) is 4.79 Å². The van der Waals surface area contributed by atoms with Gasteiger partial charge < -0.3 is 9.47 Å². The maximum atomic E-state index is 11.8. The van der Waals surface area contributed by atoms with Crippen LogP contribution in [0.25, 0.3) is 0 Å². The average molecular weight is 249 g/mol. The van der Waals surface area contributed by atoms with Crippen molar-refractivity contribution in [3.8, 4) is 5.75 Å². The summed E-state index contributed by atoms with van der Waals surface area (Å²) < 4.78 is 10.9. The molecule has 1 aromatic heterocycles. The van der Waals surface area contributed by atoms with Crippen molar-refractivity contribution in [2.75, 3.05) is 0 Å². The first-order valence-corrected chi connectivity index (χ1v) is 6.53. The van der Waals surface area contributed by atoms with Crippen molar-refractivity contribution in [2.24, 2.45) is 0 Å². The lowest BCUT2D eigenvalue weighted by molar-refractivity contribution is -0.158. The van der Waals surface area contributed by atoms with Gasteiger partial charge in [0.1, 0.15) is 11.9 Å². The summed E-state index contributed by atoms with van der Waals surface area (Å²) in [5.74, 6) is 0.302. The van der Waals surface area contributed by atoms with Crippen molar-refractivity contribution >= 4 is 5.97 Å². The molecule has 4 nitrogen and oxygen atoms in total. The van der Waals surface area contributed by atoms with Gasteiger partial charge in [-0.1, -0.05) is 6.42 Å². The number of hydrogen-bond acceptors (Lipinski definition) is 4. The Kier molecular flexibility index (Phi) is 4.56. The molecule has 98 valence electrons. The molecule has 0 aromatic carbocycles. The number of carbonyl (C=O) groups excluding carboxylic acids is 1. The van der Waals surface area contributed by atoms with Gasteiger partial charge in [-0.05, 0) is 44.7 Å². The number of nitrogens with zero attached hydrogens (tertiary/aromatic N) is 1. The topological polar surface area (TPSA) is 48.4 Å². The molecule has 0 N–H and O–H groups in total. The van der Waals surface area contributed by atoms with Gasteiger partial charge in [0.05, 0.1) is 6.20 Å². The molecule has 0 saturated heterocycles. The van der Waals surface area contributed by atoms with Crippen molar-refractivity contribution in [1.82, 2.24) is 4.98 Å².